The van der Waals surface area contributed by atoms with E-state index in [1.54, 1.807) is 46.1 Å². The van der Waals surface area contributed by atoms with Crippen molar-refractivity contribution in [3.05, 3.63) is 151 Å². The minimum atomic E-state index is -0.863. The van der Waals surface area contributed by atoms with Crippen LogP contribution in [0.4, 0.5) is 15.3 Å². The largest absolute Gasteiger partial charge is 0.445 e. The lowest BCUT2D eigenvalue weighted by atomic mass is 9.89. The molecule has 2 aromatic carbocycles. The van der Waals surface area contributed by atoms with E-state index >= 15 is 0 Å². The predicted molar refractivity (Wildman–Crippen MR) is 294 cm³/mol. The molecule has 79 heavy (non-hydrogen) atoms. The number of ether oxygens (including phenoxy) is 1. The van der Waals surface area contributed by atoms with Gasteiger partial charge in [0.25, 0.3) is 11.8 Å². The molecule has 7 amide bonds. The Hall–Kier alpha value is -9.40. The van der Waals surface area contributed by atoms with E-state index in [1.165, 1.54) is 18.5 Å². The lowest BCUT2D eigenvalue weighted by Crippen LogP contribution is -2.45. The molecule has 0 radical (unpaired) electrons. The first kappa shape index (κ1) is 55.8. The van der Waals surface area contributed by atoms with Crippen LogP contribution in [-0.2, 0) is 48.4 Å². The van der Waals surface area contributed by atoms with E-state index in [0.29, 0.717) is 65.5 Å². The number of aromatic nitrogens is 7. The number of primary amides is 1. The molecule has 0 bridgehead atoms. The molecule has 6 N–H and O–H groups in total. The van der Waals surface area contributed by atoms with E-state index < -0.39 is 30.0 Å². The summed E-state index contributed by atoms with van der Waals surface area (Å²) in [5.41, 5.74) is 13.1. The topological polar surface area (TPSA) is 282 Å². The van der Waals surface area contributed by atoms with E-state index in [-0.39, 0.29) is 81.5 Å². The zero-order valence-electron chi connectivity index (χ0n) is 44.3. The molecule has 0 unspecified atom stereocenters. The number of hydrogen-bond acceptors (Lipinski definition) is 13. The number of benzene rings is 2. The van der Waals surface area contributed by atoms with Gasteiger partial charge >= 0.3 is 12.1 Å². The number of aryl methyl sites for hydroxylation is 1. The van der Waals surface area contributed by atoms with Crippen LogP contribution < -0.4 is 21.7 Å². The first-order valence-electron chi connectivity index (χ1n) is 26.2. The molecule has 1 aliphatic heterocycles. The molecule has 8 rings (SSSR count). The third-order valence-electron chi connectivity index (χ3n) is 13.3. The number of carbonyl (C=O) groups is 7. The highest BCUT2D eigenvalue weighted by atomic mass is 16.6. The van der Waals surface area contributed by atoms with Crippen LogP contribution in [0, 0.1) is 18.8 Å². The van der Waals surface area contributed by atoms with Gasteiger partial charge in [-0.2, -0.15) is 5.10 Å². The molecule has 0 saturated heterocycles. The smallest absolute Gasteiger partial charge is 0.410 e. The minimum Gasteiger partial charge on any atom is -0.445 e. The van der Waals surface area contributed by atoms with Crippen LogP contribution in [0.3, 0.4) is 0 Å². The number of ketones is 1. The molecule has 2 atom stereocenters. The number of fused-ring (bicyclic) bond motifs is 1. The van der Waals surface area contributed by atoms with Crippen LogP contribution in [-0.4, -0.2) is 105 Å². The molecule has 0 aliphatic carbocycles. The first-order valence-corrected chi connectivity index (χ1v) is 26.2. The summed E-state index contributed by atoms with van der Waals surface area (Å²) >= 11 is 0. The van der Waals surface area contributed by atoms with E-state index in [0.717, 1.165) is 32.8 Å². The third-order valence-corrected chi connectivity index (χ3v) is 13.3. The van der Waals surface area contributed by atoms with Gasteiger partial charge in [0.1, 0.15) is 18.8 Å². The summed E-state index contributed by atoms with van der Waals surface area (Å²) in [4.78, 5) is 115. The van der Waals surface area contributed by atoms with Gasteiger partial charge in [-0.1, -0.05) is 68.8 Å². The number of urea groups is 1. The summed E-state index contributed by atoms with van der Waals surface area (Å²) in [6.07, 6.45) is 10.8. The van der Waals surface area contributed by atoms with E-state index in [1.807, 2.05) is 93.7 Å². The number of imide groups is 1. The second kappa shape index (κ2) is 26.6. The fourth-order valence-electron chi connectivity index (χ4n) is 9.23. The molecular weight excluding hydrogens is 1010 g/mol. The number of Topliss-reactive ketones (excluding diaryl/α,β-unsaturated/α-hetero) is 1. The van der Waals surface area contributed by atoms with Gasteiger partial charge in [0.15, 0.2) is 11.4 Å². The molecule has 6 heterocycles. The molecule has 21 heteroatoms. The van der Waals surface area contributed by atoms with E-state index in [4.69, 9.17) is 20.4 Å². The summed E-state index contributed by atoms with van der Waals surface area (Å²) < 4.78 is 7.69. The number of hydrogen-bond donors (Lipinski definition) is 5. The first-order chi connectivity index (χ1) is 38.2. The normalized spacial score (nSPS) is 12.9. The number of carbonyl (C=O) groups excluding carboxylic acids is 7. The molecule has 0 fully saturated rings. The highest BCUT2D eigenvalue weighted by Crippen LogP contribution is 2.31. The maximum absolute atomic E-state index is 14.4. The number of nitrogens with two attached hydrogens (primary N) is 1. The number of nitrogens with zero attached hydrogens (tertiary/aromatic N) is 8. The molecular formula is C58H63N13O8. The van der Waals surface area contributed by atoms with Crippen LogP contribution in [0.25, 0.3) is 39.4 Å². The number of unbranched alkanes of at least 4 members (excludes halogenated alkanes) is 2. The summed E-state index contributed by atoms with van der Waals surface area (Å²) in [6, 6.07) is 26.3. The van der Waals surface area contributed by atoms with Crippen molar-refractivity contribution in [2.45, 2.75) is 91.5 Å². The van der Waals surface area contributed by atoms with Crippen LogP contribution >= 0.6 is 0 Å². The third kappa shape index (κ3) is 15.2. The molecule has 1 aliphatic rings. The standard InChI is InChI=1S/C58H63N13O8/c1-37(2)53(68-50(73)18-5-4-8-29-70-51(74)25-26-52(70)75)47(72)30-40(14-11-28-61-57(59)77)56(76)65-44-22-19-39(20-23-44)35-79-58(78)69(32-42-13-6-7-16-45(42)41-15-10-27-60-31-41)34-48-66-54(43-21-24-49-62-36-63-71(49)33-43)55(67-48)46-17-9-12-38(3)64-46/h6-7,9-10,12-13,15-17,19-27,31,33,36-37,40,53H,4-5,8,11,14,18,28-30,32,34-35H2,1-3H3,(H,65,76)(H,66,67)(H,68,73)(H3,59,61,77)/t40-,53+/m1/s1. The SMILES string of the molecule is Cc1cccc(-c2[nH]c(CN(Cc3ccccc3-c3cccnc3)C(=O)OCc3ccc(NC(=O)[C@H](CCCNC(N)=O)CC(=O)[C@@H](NC(=O)CCCCCN4C(=O)C=CC4=O)C(C)C)cc3)nc2-c2ccc3ncnn3c2)n1. The summed E-state index contributed by atoms with van der Waals surface area (Å²) in [7, 11) is 0. The number of amides is 7. The zero-order valence-corrected chi connectivity index (χ0v) is 44.3. The molecule has 5 aromatic heterocycles. The van der Waals surface area contributed by atoms with E-state index in [2.05, 4.69) is 36.0 Å². The Morgan fingerprint density at radius 1 is 0.835 bits per heavy atom. The number of aromatic amines is 1. The highest BCUT2D eigenvalue weighted by Gasteiger charge is 2.30. The maximum Gasteiger partial charge on any atom is 0.410 e. The van der Waals surface area contributed by atoms with Gasteiger partial charge in [0.2, 0.25) is 11.8 Å². The van der Waals surface area contributed by atoms with Crippen molar-refractivity contribution in [2.75, 3.05) is 18.4 Å². The monoisotopic (exact) mass is 1070 g/mol. The van der Waals surface area contributed by atoms with Crippen LogP contribution in [0.15, 0.2) is 128 Å². The van der Waals surface area contributed by atoms with Crippen molar-refractivity contribution in [3.8, 4) is 33.8 Å². The van der Waals surface area contributed by atoms with Gasteiger partial charge in [-0.25, -0.2) is 24.1 Å². The molecule has 408 valence electrons. The van der Waals surface area contributed by atoms with Crippen molar-refractivity contribution in [3.63, 3.8) is 0 Å². The number of H-pyrrole nitrogens is 1. The second-order valence-electron chi connectivity index (χ2n) is 19.6. The Bertz CT molecular complexity index is 3320. The molecule has 7 aromatic rings. The predicted octanol–water partition coefficient (Wildman–Crippen LogP) is 7.48. The van der Waals surface area contributed by atoms with Gasteiger partial charge in [-0.3, -0.25) is 43.7 Å². The van der Waals surface area contributed by atoms with Gasteiger partial charge in [-0.15, -0.1) is 0 Å². The fraction of sp³-hybridized carbons (Fsp3) is 0.310. The van der Waals surface area contributed by atoms with Crippen molar-refractivity contribution in [2.24, 2.45) is 17.6 Å². The highest BCUT2D eigenvalue weighted by molar-refractivity contribution is 6.12. The van der Waals surface area contributed by atoms with Crippen LogP contribution in [0.5, 0.6) is 0 Å². The number of rotatable bonds is 26. The van der Waals surface area contributed by atoms with Crippen molar-refractivity contribution in [1.82, 2.24) is 55.0 Å². The average Bonchev–Trinajstić information content (AvgIpc) is 4.34. The van der Waals surface area contributed by atoms with Crippen molar-refractivity contribution >= 4 is 52.9 Å². The lowest BCUT2D eigenvalue weighted by Gasteiger charge is -2.24. The van der Waals surface area contributed by atoms with Crippen LogP contribution in [0.1, 0.15) is 81.4 Å². The number of nitrogens with one attached hydrogen (secondary N) is 4. The number of anilines is 1. The average molecular weight is 1070 g/mol. The Morgan fingerprint density at radius 3 is 2.38 bits per heavy atom. The lowest BCUT2D eigenvalue weighted by molar-refractivity contribution is -0.137. The van der Waals surface area contributed by atoms with Crippen molar-refractivity contribution < 1.29 is 38.3 Å². The Morgan fingerprint density at radius 2 is 1.63 bits per heavy atom. The summed E-state index contributed by atoms with van der Waals surface area (Å²) in [5, 5.41) is 12.6. The van der Waals surface area contributed by atoms with Gasteiger partial charge in [0, 0.05) is 85.1 Å². The summed E-state index contributed by atoms with van der Waals surface area (Å²) in [5.74, 6) is -2.42. The second-order valence-corrected chi connectivity index (χ2v) is 19.6. The maximum atomic E-state index is 14.4. The minimum absolute atomic E-state index is 0.0230. The van der Waals surface area contributed by atoms with Gasteiger partial charge < -0.3 is 31.4 Å². The Balaban J connectivity index is 0.939. The quantitative estimate of drug-likeness (QED) is 0.0260. The Labute approximate surface area is 456 Å². The van der Waals surface area contributed by atoms with Crippen molar-refractivity contribution in [1.29, 1.82) is 0 Å². The number of pyridine rings is 3. The van der Waals surface area contributed by atoms with Gasteiger partial charge in [-0.05, 0) is 97.7 Å². The molecule has 0 spiro atoms. The zero-order chi connectivity index (χ0) is 55.8. The fourth-order valence-corrected chi connectivity index (χ4v) is 9.23. The number of imidazole rings is 1. The molecule has 0 saturated carbocycles. The summed E-state index contributed by atoms with van der Waals surface area (Å²) in [6.45, 7) is 6.04. The van der Waals surface area contributed by atoms with Crippen LogP contribution in [0.2, 0.25) is 0 Å². The van der Waals surface area contributed by atoms with Gasteiger partial charge in [0.05, 0.1) is 36.2 Å². The van der Waals surface area contributed by atoms with E-state index in [9.17, 15) is 33.6 Å². The Kier molecular flexibility index (Phi) is 18.8. The molecule has 21 nitrogen and oxygen atoms in total.